The van der Waals surface area contributed by atoms with Crippen LogP contribution in [0.25, 0.3) is 0 Å². The zero-order valence-electron chi connectivity index (χ0n) is 15.9. The summed E-state index contributed by atoms with van der Waals surface area (Å²) in [6.07, 6.45) is 2.47. The number of ketones is 1. The van der Waals surface area contributed by atoms with Gasteiger partial charge < -0.3 is 19.5 Å². The molecule has 0 fully saturated rings. The molecule has 0 saturated carbocycles. The fraction of sp³-hybridized carbons (Fsp3) is 0.286. The Hall–Kier alpha value is -3.35. The molecule has 0 aliphatic carbocycles. The minimum atomic E-state index is -0.681. The van der Waals surface area contributed by atoms with Crippen molar-refractivity contribution in [3.63, 3.8) is 0 Å². The molecule has 3 rings (SSSR count). The number of aromatic nitrogens is 1. The van der Waals surface area contributed by atoms with Crippen molar-refractivity contribution < 1.29 is 23.8 Å². The van der Waals surface area contributed by atoms with Crippen molar-refractivity contribution in [3.05, 3.63) is 65.3 Å². The number of carbonyl (C=O) groups excluding carboxylic acids is 2. The largest absolute Gasteiger partial charge is 0.493 e. The summed E-state index contributed by atoms with van der Waals surface area (Å²) < 4.78 is 16.0. The second-order valence-electron chi connectivity index (χ2n) is 6.16. The number of ether oxygens (including phenoxy) is 3. The first-order chi connectivity index (χ1) is 13.6. The minimum absolute atomic E-state index is 0.0862. The Morgan fingerprint density at radius 3 is 2.86 bits per heavy atom. The second-order valence-corrected chi connectivity index (χ2v) is 6.16. The molecule has 0 saturated heterocycles. The molecular weight excluding hydrogens is 360 g/mol. The summed E-state index contributed by atoms with van der Waals surface area (Å²) in [5, 5.41) is 3.01. The third kappa shape index (κ3) is 4.68. The van der Waals surface area contributed by atoms with E-state index < -0.39 is 11.8 Å². The maximum absolute atomic E-state index is 12.0. The van der Waals surface area contributed by atoms with Crippen molar-refractivity contribution in [2.24, 2.45) is 0 Å². The van der Waals surface area contributed by atoms with Crippen LogP contribution in [-0.2, 0) is 25.5 Å². The molecule has 0 bridgehead atoms. The highest BCUT2D eigenvalue weighted by Crippen LogP contribution is 2.26. The average Bonchev–Trinajstić information content (AvgIpc) is 3.05. The summed E-state index contributed by atoms with van der Waals surface area (Å²) in [5.41, 5.74) is 2.48. The Morgan fingerprint density at radius 2 is 2.14 bits per heavy atom. The zero-order chi connectivity index (χ0) is 19.9. The lowest BCUT2D eigenvalue weighted by atomic mass is 10.1. The number of benzene rings is 1. The van der Waals surface area contributed by atoms with Gasteiger partial charge in [-0.2, -0.15) is 0 Å². The SMILES string of the molecule is CCOC(=O)C1=C(Nc2ccc(OCCc3ccccn3)cc2C)OCC1=O. The molecule has 1 aromatic carbocycles. The van der Waals surface area contributed by atoms with Crippen LogP contribution in [0.1, 0.15) is 18.2 Å². The van der Waals surface area contributed by atoms with E-state index >= 15 is 0 Å². The molecule has 1 aliphatic rings. The van der Waals surface area contributed by atoms with Gasteiger partial charge in [-0.05, 0) is 49.7 Å². The van der Waals surface area contributed by atoms with Gasteiger partial charge in [0.2, 0.25) is 11.7 Å². The lowest BCUT2D eigenvalue weighted by molar-refractivity contribution is -0.139. The quantitative estimate of drug-likeness (QED) is 0.555. The standard InChI is InChI=1S/C21H22N2O5/c1-3-26-21(25)19-18(24)13-28-20(19)23-17-8-7-16(12-14(17)2)27-11-9-15-6-4-5-10-22-15/h4-8,10,12,23H,3,9,11,13H2,1-2H3. The first-order valence-electron chi connectivity index (χ1n) is 9.06. The van der Waals surface area contributed by atoms with Gasteiger partial charge in [-0.15, -0.1) is 0 Å². The number of hydrogen-bond donors (Lipinski definition) is 1. The van der Waals surface area contributed by atoms with Gasteiger partial charge in [0.05, 0.1) is 13.2 Å². The van der Waals surface area contributed by atoms with Crippen molar-refractivity contribution in [2.45, 2.75) is 20.3 Å². The number of aryl methyl sites for hydroxylation is 1. The molecule has 0 atom stereocenters. The van der Waals surface area contributed by atoms with E-state index in [1.807, 2.05) is 43.3 Å². The van der Waals surface area contributed by atoms with Crippen LogP contribution in [0.15, 0.2) is 54.1 Å². The molecule has 7 nitrogen and oxygen atoms in total. The zero-order valence-corrected chi connectivity index (χ0v) is 15.9. The predicted octanol–water partition coefficient (Wildman–Crippen LogP) is 2.80. The van der Waals surface area contributed by atoms with E-state index in [0.29, 0.717) is 18.7 Å². The fourth-order valence-corrected chi connectivity index (χ4v) is 2.73. The third-order valence-electron chi connectivity index (χ3n) is 4.13. The molecule has 2 heterocycles. The van der Waals surface area contributed by atoms with Crippen LogP contribution in [0.5, 0.6) is 5.75 Å². The van der Waals surface area contributed by atoms with Crippen LogP contribution in [-0.4, -0.2) is 36.6 Å². The molecule has 0 radical (unpaired) electrons. The Bertz CT molecular complexity index is 893. The molecule has 28 heavy (non-hydrogen) atoms. The maximum Gasteiger partial charge on any atom is 0.347 e. The molecular formula is C21H22N2O5. The van der Waals surface area contributed by atoms with Gasteiger partial charge in [-0.25, -0.2) is 4.79 Å². The molecule has 1 N–H and O–H groups in total. The summed E-state index contributed by atoms with van der Waals surface area (Å²) in [6, 6.07) is 11.3. The number of carbonyl (C=O) groups is 2. The van der Waals surface area contributed by atoms with E-state index in [0.717, 1.165) is 17.0 Å². The van der Waals surface area contributed by atoms with E-state index in [4.69, 9.17) is 14.2 Å². The van der Waals surface area contributed by atoms with Crippen LogP contribution in [0.3, 0.4) is 0 Å². The molecule has 2 aromatic rings. The number of esters is 1. The van der Waals surface area contributed by atoms with E-state index in [1.165, 1.54) is 0 Å². The van der Waals surface area contributed by atoms with Gasteiger partial charge in [0.25, 0.3) is 0 Å². The normalized spacial score (nSPS) is 13.3. The average molecular weight is 382 g/mol. The van der Waals surface area contributed by atoms with Gasteiger partial charge in [-0.1, -0.05) is 6.07 Å². The summed E-state index contributed by atoms with van der Waals surface area (Å²) >= 11 is 0. The van der Waals surface area contributed by atoms with E-state index in [-0.39, 0.29) is 24.7 Å². The highest BCUT2D eigenvalue weighted by molar-refractivity contribution is 6.19. The molecule has 0 amide bonds. The van der Waals surface area contributed by atoms with Gasteiger partial charge >= 0.3 is 5.97 Å². The predicted molar refractivity (Wildman–Crippen MR) is 103 cm³/mol. The minimum Gasteiger partial charge on any atom is -0.493 e. The molecule has 0 unspecified atom stereocenters. The van der Waals surface area contributed by atoms with E-state index in [1.54, 1.807) is 13.1 Å². The van der Waals surface area contributed by atoms with Gasteiger partial charge in [0.15, 0.2) is 12.2 Å². The van der Waals surface area contributed by atoms with Gasteiger partial charge in [-0.3, -0.25) is 9.78 Å². The van der Waals surface area contributed by atoms with Gasteiger partial charge in [0, 0.05) is 24.0 Å². The van der Waals surface area contributed by atoms with Crippen molar-refractivity contribution in [2.75, 3.05) is 25.1 Å². The summed E-state index contributed by atoms with van der Waals surface area (Å²) in [4.78, 5) is 28.2. The van der Waals surface area contributed by atoms with Crippen LogP contribution >= 0.6 is 0 Å². The first kappa shape index (κ1) is 19.4. The van der Waals surface area contributed by atoms with Crippen molar-refractivity contribution >= 4 is 17.4 Å². The number of pyridine rings is 1. The molecule has 7 heteroatoms. The smallest absolute Gasteiger partial charge is 0.347 e. The van der Waals surface area contributed by atoms with Crippen LogP contribution in [0.4, 0.5) is 5.69 Å². The summed E-state index contributed by atoms with van der Waals surface area (Å²) in [5.74, 6) is -0.231. The van der Waals surface area contributed by atoms with Crippen molar-refractivity contribution in [1.82, 2.24) is 4.98 Å². The highest BCUT2D eigenvalue weighted by Gasteiger charge is 2.32. The second kappa shape index (κ2) is 9.03. The third-order valence-corrected chi connectivity index (χ3v) is 4.13. The number of nitrogens with one attached hydrogen (secondary N) is 1. The van der Waals surface area contributed by atoms with Crippen LogP contribution in [0.2, 0.25) is 0 Å². The van der Waals surface area contributed by atoms with Crippen LogP contribution < -0.4 is 10.1 Å². The Kier molecular flexibility index (Phi) is 6.26. The fourth-order valence-electron chi connectivity index (χ4n) is 2.73. The Morgan fingerprint density at radius 1 is 1.29 bits per heavy atom. The number of nitrogens with zero attached hydrogens (tertiary/aromatic N) is 1. The van der Waals surface area contributed by atoms with Gasteiger partial charge in [0.1, 0.15) is 5.75 Å². The van der Waals surface area contributed by atoms with Crippen molar-refractivity contribution in [3.8, 4) is 5.75 Å². The highest BCUT2D eigenvalue weighted by atomic mass is 16.5. The molecule has 1 aliphatic heterocycles. The monoisotopic (exact) mass is 382 g/mol. The Balaban J connectivity index is 1.65. The number of rotatable bonds is 8. The van der Waals surface area contributed by atoms with E-state index in [2.05, 4.69) is 10.3 Å². The summed E-state index contributed by atoms with van der Waals surface area (Å²) in [6.45, 7) is 4.10. The number of anilines is 1. The van der Waals surface area contributed by atoms with Crippen molar-refractivity contribution in [1.29, 1.82) is 0 Å². The maximum atomic E-state index is 12.0. The summed E-state index contributed by atoms with van der Waals surface area (Å²) in [7, 11) is 0. The lowest BCUT2D eigenvalue weighted by Crippen LogP contribution is -2.16. The molecule has 0 spiro atoms. The topological polar surface area (TPSA) is 86.8 Å². The Labute approximate surface area is 163 Å². The number of Topliss-reactive ketones (excluding diaryl/α,β-unsaturated/α-hetero) is 1. The first-order valence-corrected chi connectivity index (χ1v) is 9.06. The lowest BCUT2D eigenvalue weighted by Gasteiger charge is -2.13. The van der Waals surface area contributed by atoms with E-state index in [9.17, 15) is 9.59 Å². The number of hydrogen-bond acceptors (Lipinski definition) is 7. The molecule has 146 valence electrons. The molecule has 1 aromatic heterocycles. The van der Waals surface area contributed by atoms with Crippen LogP contribution in [0, 0.1) is 6.92 Å².